The largest absolute Gasteiger partial charge is 0.494 e. The number of carbonyl (C=O) groups is 2. The first-order valence-electron chi connectivity index (χ1n) is 10.5. The highest BCUT2D eigenvalue weighted by Crippen LogP contribution is 2.34. The van der Waals surface area contributed by atoms with Crippen LogP contribution in [0.2, 0.25) is 0 Å². The molecular weight excluding hydrogens is 457 g/mol. The molecule has 1 N–H and O–H groups in total. The lowest BCUT2D eigenvalue weighted by atomic mass is 9.95. The Morgan fingerprint density at radius 1 is 1.21 bits per heavy atom. The summed E-state index contributed by atoms with van der Waals surface area (Å²) in [4.78, 5) is 28.9. The number of thiazole rings is 1. The molecule has 0 atom stereocenters. The maximum atomic E-state index is 13.6. The van der Waals surface area contributed by atoms with Crippen molar-refractivity contribution in [1.82, 2.24) is 4.57 Å². The minimum Gasteiger partial charge on any atom is -0.494 e. The third-order valence-electron chi connectivity index (χ3n) is 4.55. The minimum atomic E-state index is -4.75. The number of aliphatic carboxylic acids is 1. The molecule has 0 unspecified atom stereocenters. The second kappa shape index (κ2) is 10.5. The highest BCUT2D eigenvalue weighted by atomic mass is 32.1. The molecule has 0 aliphatic rings. The van der Waals surface area contributed by atoms with Gasteiger partial charge < -0.3 is 14.4 Å². The normalized spacial score (nSPS) is 12.9. The number of nitrogens with zero attached hydrogens (tertiary/aromatic N) is 2. The predicted octanol–water partition coefficient (Wildman–Crippen LogP) is 5.51. The molecule has 0 radical (unpaired) electrons. The van der Waals surface area contributed by atoms with Crippen LogP contribution >= 0.6 is 11.3 Å². The fourth-order valence-corrected chi connectivity index (χ4v) is 3.99. The third kappa shape index (κ3) is 7.73. The molecule has 10 heteroatoms. The molecule has 1 aromatic heterocycles. The van der Waals surface area contributed by atoms with E-state index in [1.807, 2.05) is 40.8 Å². The van der Waals surface area contributed by atoms with Crippen LogP contribution in [-0.2, 0) is 22.9 Å². The molecule has 1 aromatic carbocycles. The van der Waals surface area contributed by atoms with Crippen LogP contribution in [0.15, 0.2) is 29.4 Å². The van der Waals surface area contributed by atoms with E-state index in [1.165, 1.54) is 11.3 Å². The Balaban J connectivity index is 2.48. The Hall–Kier alpha value is -2.62. The van der Waals surface area contributed by atoms with Crippen LogP contribution in [0.1, 0.15) is 68.3 Å². The monoisotopic (exact) mass is 486 g/mol. The molecule has 6 nitrogen and oxygen atoms in total. The number of hydrogen-bond acceptors (Lipinski definition) is 4. The van der Waals surface area contributed by atoms with Gasteiger partial charge in [-0.05, 0) is 36.0 Å². The van der Waals surface area contributed by atoms with Crippen LogP contribution in [0.3, 0.4) is 0 Å². The van der Waals surface area contributed by atoms with Gasteiger partial charge in [0.2, 0.25) is 0 Å². The van der Waals surface area contributed by atoms with E-state index in [1.54, 1.807) is 4.57 Å². The molecule has 0 fully saturated rings. The van der Waals surface area contributed by atoms with Crippen LogP contribution in [0.4, 0.5) is 13.2 Å². The molecule has 2 rings (SSSR count). The molecule has 0 aliphatic carbocycles. The number of carboxylic acids is 1. The van der Waals surface area contributed by atoms with E-state index in [0.29, 0.717) is 11.3 Å². The van der Waals surface area contributed by atoms with Gasteiger partial charge in [0.1, 0.15) is 5.75 Å². The summed E-state index contributed by atoms with van der Waals surface area (Å²) in [7, 11) is 0. The maximum absolute atomic E-state index is 13.6. The number of alkyl halides is 3. The number of halogens is 3. The van der Waals surface area contributed by atoms with Gasteiger partial charge in [-0.15, -0.1) is 11.3 Å². The molecule has 0 spiro atoms. The fraction of sp³-hybridized carbons (Fsp3) is 0.522. The van der Waals surface area contributed by atoms with E-state index in [-0.39, 0.29) is 36.5 Å². The van der Waals surface area contributed by atoms with E-state index in [4.69, 9.17) is 9.84 Å². The molecular formula is C23H29F3N2O4S. The van der Waals surface area contributed by atoms with Gasteiger partial charge >= 0.3 is 12.1 Å². The molecule has 1 heterocycles. The first-order valence-corrected chi connectivity index (χ1v) is 11.4. The predicted molar refractivity (Wildman–Crippen MR) is 120 cm³/mol. The SMILES string of the molecule is CC(C)Cn1cc(C(C)(C)C)s/c1=N\C(=O)c1cc(OCCCC(=O)O)ccc1C(F)(F)F. The Bertz CT molecular complexity index is 1060. The summed E-state index contributed by atoms with van der Waals surface area (Å²) >= 11 is 1.28. The topological polar surface area (TPSA) is 80.9 Å². The first-order chi connectivity index (χ1) is 15.2. The van der Waals surface area contributed by atoms with Gasteiger partial charge in [-0.3, -0.25) is 9.59 Å². The van der Waals surface area contributed by atoms with Gasteiger partial charge in [0.25, 0.3) is 5.91 Å². The number of amides is 1. The van der Waals surface area contributed by atoms with Crippen molar-refractivity contribution in [2.24, 2.45) is 10.9 Å². The molecule has 0 saturated carbocycles. The maximum Gasteiger partial charge on any atom is 0.417 e. The number of rotatable bonds is 8. The quantitative estimate of drug-likeness (QED) is 0.499. The Labute approximate surface area is 194 Å². The smallest absolute Gasteiger partial charge is 0.417 e. The molecule has 2 aromatic rings. The van der Waals surface area contributed by atoms with Crippen LogP contribution in [-0.4, -0.2) is 28.2 Å². The Kier molecular flexibility index (Phi) is 8.51. The van der Waals surface area contributed by atoms with Crippen molar-refractivity contribution >= 4 is 23.2 Å². The van der Waals surface area contributed by atoms with Crippen LogP contribution < -0.4 is 9.54 Å². The molecule has 182 valence electrons. The van der Waals surface area contributed by atoms with Crippen molar-refractivity contribution in [1.29, 1.82) is 0 Å². The number of hydrogen-bond donors (Lipinski definition) is 1. The fourth-order valence-electron chi connectivity index (χ4n) is 2.94. The Morgan fingerprint density at radius 3 is 2.42 bits per heavy atom. The second-order valence-corrected chi connectivity index (χ2v) is 10.2. The van der Waals surface area contributed by atoms with Gasteiger partial charge in [-0.25, -0.2) is 0 Å². The number of carbonyl (C=O) groups excluding carboxylic acids is 1. The average Bonchev–Trinajstić information content (AvgIpc) is 3.06. The summed E-state index contributed by atoms with van der Waals surface area (Å²) in [5, 5.41) is 8.68. The summed E-state index contributed by atoms with van der Waals surface area (Å²) in [5.41, 5.74) is -1.92. The summed E-state index contributed by atoms with van der Waals surface area (Å²) in [5.74, 6) is -1.72. The van der Waals surface area contributed by atoms with Crippen molar-refractivity contribution in [2.75, 3.05) is 6.61 Å². The van der Waals surface area contributed by atoms with E-state index in [2.05, 4.69) is 4.99 Å². The lowest BCUT2D eigenvalue weighted by Gasteiger charge is -2.14. The minimum absolute atomic E-state index is 0.00328. The zero-order valence-electron chi connectivity index (χ0n) is 19.3. The highest BCUT2D eigenvalue weighted by molar-refractivity contribution is 7.09. The zero-order valence-corrected chi connectivity index (χ0v) is 20.1. The summed E-state index contributed by atoms with van der Waals surface area (Å²) in [6.45, 7) is 10.6. The second-order valence-electron chi connectivity index (χ2n) is 9.14. The van der Waals surface area contributed by atoms with Crippen molar-refractivity contribution in [3.8, 4) is 5.75 Å². The molecule has 0 bridgehead atoms. The van der Waals surface area contributed by atoms with Gasteiger partial charge in [0.05, 0.1) is 17.7 Å². The van der Waals surface area contributed by atoms with Crippen molar-refractivity contribution in [2.45, 2.75) is 65.6 Å². The van der Waals surface area contributed by atoms with Gasteiger partial charge in [0.15, 0.2) is 4.80 Å². The highest BCUT2D eigenvalue weighted by Gasteiger charge is 2.35. The number of carboxylic acid groups (broad SMARTS) is 1. The van der Waals surface area contributed by atoms with Crippen molar-refractivity contribution in [3.05, 3.63) is 45.2 Å². The van der Waals surface area contributed by atoms with E-state index >= 15 is 0 Å². The van der Waals surface area contributed by atoms with Crippen LogP contribution in [0.5, 0.6) is 5.75 Å². The zero-order chi connectivity index (χ0) is 25.0. The van der Waals surface area contributed by atoms with Crippen LogP contribution in [0.25, 0.3) is 0 Å². The average molecular weight is 487 g/mol. The number of aromatic nitrogens is 1. The summed E-state index contributed by atoms with van der Waals surface area (Å²) < 4.78 is 47.9. The molecule has 0 saturated heterocycles. The molecule has 0 aliphatic heterocycles. The third-order valence-corrected chi connectivity index (χ3v) is 5.99. The lowest BCUT2D eigenvalue weighted by Crippen LogP contribution is -2.20. The van der Waals surface area contributed by atoms with E-state index < -0.39 is 29.2 Å². The summed E-state index contributed by atoms with van der Waals surface area (Å²) in [6.07, 6.45) is -2.80. The van der Waals surface area contributed by atoms with E-state index in [9.17, 15) is 22.8 Å². The standard InChI is InChI=1S/C23H29F3N2O4S/c1-14(2)12-28-13-18(22(3,4)5)33-21(28)27-20(31)16-11-15(32-10-6-7-19(29)30)8-9-17(16)23(24,25)26/h8-9,11,13-14H,6-7,10,12H2,1-5H3,(H,29,30)/b27-21-. The lowest BCUT2D eigenvalue weighted by molar-refractivity contribution is -0.138. The van der Waals surface area contributed by atoms with Gasteiger partial charge in [-0.1, -0.05) is 34.6 Å². The van der Waals surface area contributed by atoms with E-state index in [0.717, 1.165) is 23.1 Å². The molecule has 1 amide bonds. The Morgan fingerprint density at radius 2 is 1.88 bits per heavy atom. The first kappa shape index (κ1) is 26.6. The van der Waals surface area contributed by atoms with Gasteiger partial charge in [0, 0.05) is 24.0 Å². The van der Waals surface area contributed by atoms with Crippen LogP contribution in [0, 0.1) is 5.92 Å². The molecule has 33 heavy (non-hydrogen) atoms. The summed E-state index contributed by atoms with van der Waals surface area (Å²) in [6, 6.07) is 2.91. The number of benzene rings is 1. The van der Waals surface area contributed by atoms with Crippen molar-refractivity contribution in [3.63, 3.8) is 0 Å². The number of ether oxygens (including phenoxy) is 1. The van der Waals surface area contributed by atoms with Crippen molar-refractivity contribution < 1.29 is 32.6 Å². The van der Waals surface area contributed by atoms with Gasteiger partial charge in [-0.2, -0.15) is 18.2 Å².